The quantitative estimate of drug-likeness (QED) is 0.661. The van der Waals surface area contributed by atoms with E-state index in [0.717, 1.165) is 34.8 Å². The number of ether oxygens (including phenoxy) is 1. The summed E-state index contributed by atoms with van der Waals surface area (Å²) in [5, 5.41) is -0.0996. The summed E-state index contributed by atoms with van der Waals surface area (Å²) in [7, 11) is 1.68. The van der Waals surface area contributed by atoms with Crippen molar-refractivity contribution in [3.05, 3.63) is 65.1 Å². The van der Waals surface area contributed by atoms with Crippen molar-refractivity contribution >= 4 is 17.2 Å². The molecule has 0 bridgehead atoms. The van der Waals surface area contributed by atoms with Crippen molar-refractivity contribution in [2.45, 2.75) is 25.6 Å². The molecule has 0 saturated carbocycles. The van der Waals surface area contributed by atoms with E-state index < -0.39 is 0 Å². The van der Waals surface area contributed by atoms with Gasteiger partial charge in [-0.2, -0.15) is 0 Å². The van der Waals surface area contributed by atoms with Crippen LogP contribution in [0, 0.1) is 6.92 Å². The fourth-order valence-corrected chi connectivity index (χ4v) is 3.03. The van der Waals surface area contributed by atoms with Gasteiger partial charge in [-0.3, -0.25) is 0 Å². The van der Waals surface area contributed by atoms with Crippen LogP contribution in [0.4, 0.5) is 0 Å². The lowest BCUT2D eigenvalue weighted by Gasteiger charge is -2.08. The predicted molar refractivity (Wildman–Crippen MR) is 90.0 cm³/mol. The van der Waals surface area contributed by atoms with E-state index in [4.69, 9.17) is 21.3 Å². The summed E-state index contributed by atoms with van der Waals surface area (Å²) in [5.74, 6) is 0.859. The zero-order chi connectivity index (χ0) is 15.7. The fraction of sp³-hybridized carbons (Fsp3) is 0.278. The molecule has 22 heavy (non-hydrogen) atoms. The Hall–Kier alpha value is -2.00. The highest BCUT2D eigenvalue weighted by molar-refractivity contribution is 6.20. The van der Waals surface area contributed by atoms with Gasteiger partial charge in [-0.05, 0) is 43.2 Å². The number of rotatable bonds is 4. The lowest BCUT2D eigenvalue weighted by atomic mass is 10.1. The summed E-state index contributed by atoms with van der Waals surface area (Å²) in [6.07, 6.45) is 2.77. The highest BCUT2D eigenvalue weighted by Crippen LogP contribution is 2.28. The van der Waals surface area contributed by atoms with E-state index in [-0.39, 0.29) is 5.38 Å². The molecule has 3 aromatic rings. The van der Waals surface area contributed by atoms with Gasteiger partial charge in [0.1, 0.15) is 11.4 Å². The molecule has 0 aliphatic heterocycles. The average Bonchev–Trinajstić information content (AvgIpc) is 2.87. The molecular formula is C18H19ClN2O. The second-order valence-corrected chi connectivity index (χ2v) is 6.13. The van der Waals surface area contributed by atoms with Crippen molar-refractivity contribution in [1.82, 2.24) is 9.38 Å². The molecular weight excluding hydrogens is 296 g/mol. The maximum atomic E-state index is 6.42. The SMILES string of the molecule is COc1cccc(Cc2nc3c(C)cccn3c2C(C)Cl)c1. The van der Waals surface area contributed by atoms with Gasteiger partial charge in [0.15, 0.2) is 0 Å². The van der Waals surface area contributed by atoms with Gasteiger partial charge in [0.05, 0.1) is 23.9 Å². The number of hydrogen-bond donors (Lipinski definition) is 0. The molecule has 2 aromatic heterocycles. The third-order valence-electron chi connectivity index (χ3n) is 3.84. The molecule has 0 fully saturated rings. The van der Waals surface area contributed by atoms with Gasteiger partial charge in [0.25, 0.3) is 0 Å². The number of fused-ring (bicyclic) bond motifs is 1. The Balaban J connectivity index is 2.09. The Bertz CT molecular complexity index is 808. The minimum absolute atomic E-state index is 0.0996. The Labute approximate surface area is 135 Å². The van der Waals surface area contributed by atoms with Gasteiger partial charge in [-0.15, -0.1) is 11.6 Å². The van der Waals surface area contributed by atoms with Gasteiger partial charge >= 0.3 is 0 Å². The van der Waals surface area contributed by atoms with Crippen molar-refractivity contribution in [1.29, 1.82) is 0 Å². The highest BCUT2D eigenvalue weighted by Gasteiger charge is 2.17. The van der Waals surface area contributed by atoms with Crippen LogP contribution in [-0.4, -0.2) is 16.5 Å². The van der Waals surface area contributed by atoms with Crippen LogP contribution in [0.15, 0.2) is 42.6 Å². The first-order valence-electron chi connectivity index (χ1n) is 7.33. The van der Waals surface area contributed by atoms with Gasteiger partial charge in [-0.1, -0.05) is 18.2 Å². The van der Waals surface area contributed by atoms with Crippen molar-refractivity contribution in [2.24, 2.45) is 0 Å². The van der Waals surface area contributed by atoms with E-state index in [0.29, 0.717) is 0 Å². The molecule has 0 amide bonds. The van der Waals surface area contributed by atoms with Crippen LogP contribution in [-0.2, 0) is 6.42 Å². The zero-order valence-corrected chi connectivity index (χ0v) is 13.8. The van der Waals surface area contributed by atoms with E-state index in [9.17, 15) is 0 Å². The van der Waals surface area contributed by atoms with Crippen LogP contribution in [0.1, 0.15) is 34.8 Å². The van der Waals surface area contributed by atoms with Crippen LogP contribution in [0.3, 0.4) is 0 Å². The van der Waals surface area contributed by atoms with E-state index >= 15 is 0 Å². The van der Waals surface area contributed by atoms with E-state index in [1.54, 1.807) is 7.11 Å². The lowest BCUT2D eigenvalue weighted by Crippen LogP contribution is -1.99. The molecule has 0 saturated heterocycles. The fourth-order valence-electron chi connectivity index (χ4n) is 2.80. The standard InChI is InChI=1S/C18H19ClN2O/c1-12-6-5-9-21-17(13(2)19)16(20-18(12)21)11-14-7-4-8-15(10-14)22-3/h4-10,13H,11H2,1-3H3. The van der Waals surface area contributed by atoms with Crippen molar-refractivity contribution in [3.8, 4) is 5.75 Å². The number of imidazole rings is 1. The zero-order valence-electron chi connectivity index (χ0n) is 13.0. The molecule has 1 unspecified atom stereocenters. The summed E-state index contributed by atoms with van der Waals surface area (Å²) in [6, 6.07) is 12.2. The van der Waals surface area contributed by atoms with Gasteiger partial charge < -0.3 is 9.14 Å². The molecule has 0 spiro atoms. The molecule has 0 aliphatic rings. The van der Waals surface area contributed by atoms with Crippen molar-refractivity contribution in [2.75, 3.05) is 7.11 Å². The largest absolute Gasteiger partial charge is 0.497 e. The van der Waals surface area contributed by atoms with E-state index in [1.165, 1.54) is 5.56 Å². The molecule has 114 valence electrons. The Morgan fingerprint density at radius 2 is 2.09 bits per heavy atom. The summed E-state index contributed by atoms with van der Waals surface area (Å²) in [4.78, 5) is 4.82. The molecule has 0 radical (unpaired) electrons. The number of pyridine rings is 1. The Kier molecular flexibility index (Phi) is 4.08. The second-order valence-electron chi connectivity index (χ2n) is 5.47. The summed E-state index contributed by atoms with van der Waals surface area (Å²) in [6.45, 7) is 4.06. The van der Waals surface area contributed by atoms with E-state index in [1.807, 2.05) is 37.4 Å². The van der Waals surface area contributed by atoms with Crippen molar-refractivity contribution in [3.63, 3.8) is 0 Å². The second kappa shape index (κ2) is 6.01. The molecule has 1 atom stereocenters. The topological polar surface area (TPSA) is 26.5 Å². The lowest BCUT2D eigenvalue weighted by molar-refractivity contribution is 0.414. The summed E-state index contributed by atoms with van der Waals surface area (Å²) >= 11 is 6.42. The molecule has 4 heteroatoms. The summed E-state index contributed by atoms with van der Waals surface area (Å²) in [5.41, 5.74) is 5.37. The first-order valence-corrected chi connectivity index (χ1v) is 7.77. The number of methoxy groups -OCH3 is 1. The maximum Gasteiger partial charge on any atom is 0.140 e. The molecule has 1 aromatic carbocycles. The Morgan fingerprint density at radius 1 is 1.27 bits per heavy atom. The summed E-state index contributed by atoms with van der Waals surface area (Å²) < 4.78 is 7.40. The normalized spacial score (nSPS) is 12.5. The maximum absolute atomic E-state index is 6.42. The predicted octanol–water partition coefficient (Wildman–Crippen LogP) is 4.54. The first-order chi connectivity index (χ1) is 10.6. The molecule has 0 N–H and O–H groups in total. The number of halogens is 1. The number of aryl methyl sites for hydroxylation is 1. The molecule has 2 heterocycles. The third-order valence-corrected chi connectivity index (χ3v) is 4.05. The van der Waals surface area contributed by atoms with Crippen LogP contribution in [0.2, 0.25) is 0 Å². The number of benzene rings is 1. The van der Waals surface area contributed by atoms with Crippen LogP contribution >= 0.6 is 11.6 Å². The molecule has 3 nitrogen and oxygen atoms in total. The molecule has 0 aliphatic carbocycles. The van der Waals surface area contributed by atoms with Crippen LogP contribution in [0.5, 0.6) is 5.75 Å². The average molecular weight is 315 g/mol. The smallest absolute Gasteiger partial charge is 0.140 e. The van der Waals surface area contributed by atoms with Crippen molar-refractivity contribution < 1.29 is 4.74 Å². The third kappa shape index (κ3) is 2.69. The number of alkyl halides is 1. The first kappa shape index (κ1) is 14.9. The van der Waals surface area contributed by atoms with Gasteiger partial charge in [0, 0.05) is 12.6 Å². The minimum Gasteiger partial charge on any atom is -0.497 e. The van der Waals surface area contributed by atoms with Gasteiger partial charge in [0.2, 0.25) is 0 Å². The molecule has 3 rings (SSSR count). The Morgan fingerprint density at radius 3 is 2.82 bits per heavy atom. The highest BCUT2D eigenvalue weighted by atomic mass is 35.5. The number of aromatic nitrogens is 2. The number of nitrogens with zero attached hydrogens (tertiary/aromatic N) is 2. The van der Waals surface area contributed by atoms with Crippen LogP contribution < -0.4 is 4.74 Å². The van der Waals surface area contributed by atoms with E-state index in [2.05, 4.69) is 23.5 Å². The number of hydrogen-bond acceptors (Lipinski definition) is 2. The monoisotopic (exact) mass is 314 g/mol. The van der Waals surface area contributed by atoms with Crippen LogP contribution in [0.25, 0.3) is 5.65 Å². The minimum atomic E-state index is -0.0996. The van der Waals surface area contributed by atoms with Gasteiger partial charge in [-0.25, -0.2) is 4.98 Å².